The topological polar surface area (TPSA) is 45.7 Å². The molecule has 2 heterocycles. The Morgan fingerprint density at radius 1 is 0.806 bits per heavy atom. The van der Waals surface area contributed by atoms with Crippen molar-refractivity contribution in [2.45, 2.75) is 6.10 Å². The van der Waals surface area contributed by atoms with Crippen LogP contribution in [0.25, 0.3) is 10.9 Å². The van der Waals surface area contributed by atoms with Crippen LogP contribution in [0.3, 0.4) is 0 Å². The van der Waals surface area contributed by atoms with Crippen molar-refractivity contribution in [3.8, 4) is 0 Å². The van der Waals surface area contributed by atoms with Gasteiger partial charge < -0.3 is 9.64 Å². The Morgan fingerprint density at radius 3 is 2.06 bits per heavy atom. The van der Waals surface area contributed by atoms with Gasteiger partial charge >= 0.3 is 0 Å². The van der Waals surface area contributed by atoms with E-state index < -0.39 is 6.10 Å². The van der Waals surface area contributed by atoms with Crippen molar-refractivity contribution in [2.24, 2.45) is 0 Å². The van der Waals surface area contributed by atoms with E-state index in [0.717, 1.165) is 35.1 Å². The fourth-order valence-electron chi connectivity index (χ4n) is 4.48. The van der Waals surface area contributed by atoms with E-state index in [0.29, 0.717) is 31.9 Å². The molecule has 4 aromatic rings. The molecule has 0 bridgehead atoms. The largest absolute Gasteiger partial charge is 0.367 e. The lowest BCUT2D eigenvalue weighted by atomic mass is 10.0. The minimum atomic E-state index is -0.423. The molecule has 1 fully saturated rings. The lowest BCUT2D eigenvalue weighted by molar-refractivity contribution is 0.0406. The van der Waals surface area contributed by atoms with E-state index in [1.165, 1.54) is 24.3 Å². The first-order valence-electron chi connectivity index (χ1n) is 12.1. The summed E-state index contributed by atoms with van der Waals surface area (Å²) in [4.78, 5) is 21.6. The zero-order valence-electron chi connectivity index (χ0n) is 19.8. The van der Waals surface area contributed by atoms with Gasteiger partial charge in [0, 0.05) is 38.1 Å². The monoisotopic (exact) mass is 487 g/mol. The average Bonchev–Trinajstić information content (AvgIpc) is 2.92. The number of ether oxygens (including phenoxy) is 1. The van der Waals surface area contributed by atoms with Crippen molar-refractivity contribution in [2.75, 3.05) is 39.3 Å². The molecule has 0 atom stereocenters. The molecule has 36 heavy (non-hydrogen) atoms. The number of piperazine rings is 1. The van der Waals surface area contributed by atoms with Crippen molar-refractivity contribution in [1.29, 1.82) is 0 Å². The highest BCUT2D eigenvalue weighted by Gasteiger charge is 2.23. The number of benzene rings is 3. The van der Waals surface area contributed by atoms with Gasteiger partial charge in [0.15, 0.2) is 0 Å². The molecule has 1 amide bonds. The number of halogens is 2. The molecule has 0 aliphatic carbocycles. The van der Waals surface area contributed by atoms with E-state index >= 15 is 0 Å². The average molecular weight is 488 g/mol. The lowest BCUT2D eigenvalue weighted by Gasteiger charge is -2.34. The molecule has 1 aliphatic heterocycles. The van der Waals surface area contributed by atoms with Crippen LogP contribution in [-0.2, 0) is 4.74 Å². The summed E-state index contributed by atoms with van der Waals surface area (Å²) < 4.78 is 33.1. The summed E-state index contributed by atoms with van der Waals surface area (Å²) in [5.41, 5.74) is 2.89. The summed E-state index contributed by atoms with van der Waals surface area (Å²) in [5, 5.41) is 1.01. The molecule has 0 saturated carbocycles. The third-order valence-electron chi connectivity index (χ3n) is 6.51. The zero-order valence-corrected chi connectivity index (χ0v) is 19.8. The van der Waals surface area contributed by atoms with Crippen LogP contribution in [0.2, 0.25) is 0 Å². The second-order valence-corrected chi connectivity index (χ2v) is 8.88. The first kappa shape index (κ1) is 24.0. The molecule has 1 saturated heterocycles. The van der Waals surface area contributed by atoms with Gasteiger partial charge in [-0.3, -0.25) is 9.69 Å². The molecule has 1 aliphatic rings. The van der Waals surface area contributed by atoms with Gasteiger partial charge in [-0.1, -0.05) is 48.5 Å². The van der Waals surface area contributed by atoms with Crippen LogP contribution in [0, 0.1) is 11.6 Å². The molecule has 3 aromatic carbocycles. The van der Waals surface area contributed by atoms with Gasteiger partial charge in [0.1, 0.15) is 23.4 Å². The van der Waals surface area contributed by atoms with Crippen molar-refractivity contribution >= 4 is 16.8 Å². The molecule has 7 heteroatoms. The van der Waals surface area contributed by atoms with Gasteiger partial charge in [-0.05, 0) is 47.5 Å². The summed E-state index contributed by atoms with van der Waals surface area (Å²) in [5.74, 6) is -0.685. The number of para-hydroxylation sites is 1. The summed E-state index contributed by atoms with van der Waals surface area (Å²) in [7, 11) is 0. The highest BCUT2D eigenvalue weighted by Crippen LogP contribution is 2.26. The van der Waals surface area contributed by atoms with Crippen LogP contribution in [0.5, 0.6) is 0 Å². The van der Waals surface area contributed by atoms with Crippen molar-refractivity contribution in [1.82, 2.24) is 14.8 Å². The normalized spacial score (nSPS) is 14.5. The standard InChI is InChI=1S/C29H27F2N3O2/c30-24-10-5-22(6-11-24)28(23-7-12-25(31)13-8-23)36-20-19-33-15-17-34(18-16-33)29(35)27-14-9-21-3-1-2-4-26(21)32-27/h1-14,28H,15-20H2. The second-order valence-electron chi connectivity index (χ2n) is 8.88. The molecule has 0 unspecified atom stereocenters. The van der Waals surface area contributed by atoms with E-state index in [1.54, 1.807) is 30.3 Å². The number of aromatic nitrogens is 1. The number of pyridine rings is 1. The second kappa shape index (κ2) is 10.9. The maximum atomic E-state index is 13.4. The Labute approximate surface area is 208 Å². The summed E-state index contributed by atoms with van der Waals surface area (Å²) in [6, 6.07) is 23.8. The molecular weight excluding hydrogens is 460 g/mol. The number of rotatable bonds is 7. The molecule has 184 valence electrons. The third kappa shape index (κ3) is 5.58. The molecule has 5 nitrogen and oxygen atoms in total. The van der Waals surface area contributed by atoms with Gasteiger partial charge in [-0.2, -0.15) is 0 Å². The zero-order chi connectivity index (χ0) is 24.9. The molecule has 0 spiro atoms. The van der Waals surface area contributed by atoms with Crippen molar-refractivity contribution in [3.05, 3.63) is 113 Å². The quantitative estimate of drug-likeness (QED) is 0.365. The van der Waals surface area contributed by atoms with Crippen molar-refractivity contribution in [3.63, 3.8) is 0 Å². The van der Waals surface area contributed by atoms with Crippen LogP contribution < -0.4 is 0 Å². The molecular formula is C29H27F2N3O2. The first-order valence-corrected chi connectivity index (χ1v) is 12.1. The number of nitrogens with zero attached hydrogens (tertiary/aromatic N) is 3. The molecule has 1 aromatic heterocycles. The summed E-state index contributed by atoms with van der Waals surface area (Å²) in [6.07, 6.45) is -0.423. The van der Waals surface area contributed by atoms with Gasteiger partial charge in [0.2, 0.25) is 0 Å². The maximum Gasteiger partial charge on any atom is 0.272 e. The Kier molecular flexibility index (Phi) is 7.30. The highest BCUT2D eigenvalue weighted by atomic mass is 19.1. The minimum absolute atomic E-state index is 0.0515. The Morgan fingerprint density at radius 2 is 1.42 bits per heavy atom. The first-order chi connectivity index (χ1) is 17.6. The highest BCUT2D eigenvalue weighted by molar-refractivity contribution is 5.95. The van der Waals surface area contributed by atoms with Gasteiger partial charge in [-0.15, -0.1) is 0 Å². The Hall–Kier alpha value is -3.68. The number of hydrogen-bond acceptors (Lipinski definition) is 4. The minimum Gasteiger partial charge on any atom is -0.367 e. The predicted molar refractivity (Wildman–Crippen MR) is 135 cm³/mol. The van der Waals surface area contributed by atoms with Crippen LogP contribution in [0.15, 0.2) is 84.9 Å². The molecule has 5 rings (SSSR count). The lowest BCUT2D eigenvalue weighted by Crippen LogP contribution is -2.49. The molecule has 0 N–H and O–H groups in total. The number of carbonyl (C=O) groups excluding carboxylic acids is 1. The smallest absolute Gasteiger partial charge is 0.272 e. The van der Waals surface area contributed by atoms with Gasteiger partial charge in [0.25, 0.3) is 5.91 Å². The van der Waals surface area contributed by atoms with E-state index in [2.05, 4.69) is 9.88 Å². The SMILES string of the molecule is O=C(c1ccc2ccccc2n1)N1CCN(CCOC(c2ccc(F)cc2)c2ccc(F)cc2)CC1. The van der Waals surface area contributed by atoms with Crippen LogP contribution in [0.1, 0.15) is 27.7 Å². The van der Waals surface area contributed by atoms with E-state index in [1.807, 2.05) is 35.2 Å². The summed E-state index contributed by atoms with van der Waals surface area (Å²) >= 11 is 0. The number of fused-ring (bicyclic) bond motifs is 1. The third-order valence-corrected chi connectivity index (χ3v) is 6.51. The molecule has 0 radical (unpaired) electrons. The van der Waals surface area contributed by atoms with E-state index in [-0.39, 0.29) is 17.5 Å². The predicted octanol–water partition coefficient (Wildman–Crippen LogP) is 5.08. The van der Waals surface area contributed by atoms with E-state index in [9.17, 15) is 13.6 Å². The number of hydrogen-bond donors (Lipinski definition) is 0. The van der Waals surface area contributed by atoms with E-state index in [4.69, 9.17) is 4.74 Å². The number of carbonyl (C=O) groups is 1. The van der Waals surface area contributed by atoms with Crippen LogP contribution >= 0.6 is 0 Å². The van der Waals surface area contributed by atoms with Crippen molar-refractivity contribution < 1.29 is 18.3 Å². The maximum absolute atomic E-state index is 13.4. The van der Waals surface area contributed by atoms with Crippen LogP contribution in [-0.4, -0.2) is 60.0 Å². The van der Waals surface area contributed by atoms with Gasteiger partial charge in [0.05, 0.1) is 12.1 Å². The Bertz CT molecular complexity index is 1280. The fraction of sp³-hybridized carbons (Fsp3) is 0.241. The summed E-state index contributed by atoms with van der Waals surface area (Å²) in [6.45, 7) is 3.84. The Balaban J connectivity index is 1.16. The van der Waals surface area contributed by atoms with Gasteiger partial charge in [-0.25, -0.2) is 13.8 Å². The fourth-order valence-corrected chi connectivity index (χ4v) is 4.48. The number of amides is 1. The van der Waals surface area contributed by atoms with Crippen LogP contribution in [0.4, 0.5) is 8.78 Å².